The van der Waals surface area contributed by atoms with Crippen LogP contribution in [0.2, 0.25) is 5.02 Å². The van der Waals surface area contributed by atoms with Crippen molar-refractivity contribution in [3.05, 3.63) is 34.4 Å². The number of hydrogen-bond acceptors (Lipinski definition) is 2. The van der Waals surface area contributed by atoms with E-state index in [9.17, 15) is 8.78 Å². The van der Waals surface area contributed by atoms with Gasteiger partial charge in [-0.3, -0.25) is 0 Å². The Bertz CT molecular complexity index is 297. The molecule has 1 aromatic carbocycles. The van der Waals surface area contributed by atoms with Gasteiger partial charge in [0, 0.05) is 23.2 Å². The van der Waals surface area contributed by atoms with Crippen LogP contribution >= 0.6 is 24.0 Å². The highest BCUT2D eigenvalue weighted by atomic mass is 35.5. The molecular formula is C8H10Cl2F2N2. The molecule has 0 heterocycles. The zero-order valence-electron chi connectivity index (χ0n) is 7.14. The zero-order valence-corrected chi connectivity index (χ0v) is 8.71. The van der Waals surface area contributed by atoms with Gasteiger partial charge in [-0.15, -0.1) is 12.4 Å². The number of benzene rings is 1. The molecule has 0 aliphatic heterocycles. The molecule has 1 rings (SSSR count). The first-order chi connectivity index (χ1) is 6.06. The second kappa shape index (κ2) is 5.46. The molecule has 0 aromatic heterocycles. The van der Waals surface area contributed by atoms with Crippen molar-refractivity contribution in [1.82, 2.24) is 0 Å². The van der Waals surface area contributed by atoms with E-state index in [1.54, 1.807) is 0 Å². The standard InChI is InChI=1S/C8H9ClF2N2.ClH/c9-4-1-5(10)8(6(11)2-4)7(13)3-12;/h1-2,7H,3,12-13H2;1H/t7-;/m1./s1. The van der Waals surface area contributed by atoms with Gasteiger partial charge in [-0.2, -0.15) is 0 Å². The van der Waals surface area contributed by atoms with Crippen LogP contribution in [0.4, 0.5) is 8.78 Å². The van der Waals surface area contributed by atoms with Gasteiger partial charge in [-0.1, -0.05) is 11.6 Å². The van der Waals surface area contributed by atoms with Gasteiger partial charge < -0.3 is 11.5 Å². The van der Waals surface area contributed by atoms with E-state index in [4.69, 9.17) is 23.1 Å². The van der Waals surface area contributed by atoms with Gasteiger partial charge in [0.05, 0.1) is 0 Å². The topological polar surface area (TPSA) is 52.0 Å². The van der Waals surface area contributed by atoms with E-state index in [1.807, 2.05) is 0 Å². The third-order valence-corrected chi connectivity index (χ3v) is 1.89. The number of hydrogen-bond donors (Lipinski definition) is 2. The third-order valence-electron chi connectivity index (χ3n) is 1.67. The van der Waals surface area contributed by atoms with Gasteiger partial charge in [0.2, 0.25) is 0 Å². The van der Waals surface area contributed by atoms with Crippen LogP contribution < -0.4 is 11.5 Å². The van der Waals surface area contributed by atoms with Crippen LogP contribution in [0.5, 0.6) is 0 Å². The van der Waals surface area contributed by atoms with Crippen LogP contribution in [0.1, 0.15) is 11.6 Å². The molecule has 2 nitrogen and oxygen atoms in total. The maximum atomic E-state index is 13.1. The first-order valence-electron chi connectivity index (χ1n) is 3.66. The van der Waals surface area contributed by atoms with E-state index in [-0.39, 0.29) is 29.5 Å². The fourth-order valence-corrected chi connectivity index (χ4v) is 1.22. The summed E-state index contributed by atoms with van der Waals surface area (Å²) in [5, 5.41) is 0.00275. The number of nitrogens with two attached hydrogens (primary N) is 2. The predicted octanol–water partition coefficient (Wildman–Crippen LogP) is 2.00. The SMILES string of the molecule is Cl.NC[C@@H](N)c1c(F)cc(Cl)cc1F. The van der Waals surface area contributed by atoms with E-state index < -0.39 is 17.7 Å². The molecule has 0 bridgehead atoms. The second-order valence-electron chi connectivity index (χ2n) is 2.63. The van der Waals surface area contributed by atoms with Gasteiger partial charge in [-0.05, 0) is 12.1 Å². The summed E-state index contributed by atoms with van der Waals surface area (Å²) < 4.78 is 26.2. The molecule has 0 saturated carbocycles. The van der Waals surface area contributed by atoms with E-state index in [0.717, 1.165) is 12.1 Å². The lowest BCUT2D eigenvalue weighted by molar-refractivity contribution is 0.528. The van der Waals surface area contributed by atoms with Crippen molar-refractivity contribution >= 4 is 24.0 Å². The fourth-order valence-electron chi connectivity index (χ4n) is 1.03. The lowest BCUT2D eigenvalue weighted by Gasteiger charge is -2.11. The van der Waals surface area contributed by atoms with Crippen molar-refractivity contribution < 1.29 is 8.78 Å². The molecular weight excluding hydrogens is 233 g/mol. The van der Waals surface area contributed by atoms with Crippen molar-refractivity contribution in [1.29, 1.82) is 0 Å². The summed E-state index contributed by atoms with van der Waals surface area (Å²) in [7, 11) is 0. The molecule has 14 heavy (non-hydrogen) atoms. The normalized spacial score (nSPS) is 12.1. The first-order valence-corrected chi connectivity index (χ1v) is 4.04. The number of rotatable bonds is 2. The predicted molar refractivity (Wildman–Crippen MR) is 54.6 cm³/mol. The minimum Gasteiger partial charge on any atom is -0.329 e. The summed E-state index contributed by atoms with van der Waals surface area (Å²) in [5.41, 5.74) is 10.4. The van der Waals surface area contributed by atoms with Crippen LogP contribution in [0.3, 0.4) is 0 Å². The van der Waals surface area contributed by atoms with Crippen LogP contribution in [-0.4, -0.2) is 6.54 Å². The maximum Gasteiger partial charge on any atom is 0.132 e. The summed E-state index contributed by atoms with van der Waals surface area (Å²) in [4.78, 5) is 0. The largest absolute Gasteiger partial charge is 0.329 e. The summed E-state index contributed by atoms with van der Waals surface area (Å²) >= 11 is 5.42. The summed E-state index contributed by atoms with van der Waals surface area (Å²) in [6.45, 7) is -0.0184. The van der Waals surface area contributed by atoms with Crippen LogP contribution in [0.15, 0.2) is 12.1 Å². The first kappa shape index (κ1) is 13.6. The average molecular weight is 243 g/mol. The van der Waals surface area contributed by atoms with Crippen molar-refractivity contribution in [3.63, 3.8) is 0 Å². The molecule has 0 spiro atoms. The number of halogens is 4. The minimum absolute atomic E-state index is 0. The van der Waals surface area contributed by atoms with E-state index >= 15 is 0 Å². The van der Waals surface area contributed by atoms with E-state index in [0.29, 0.717) is 0 Å². The Morgan fingerprint density at radius 1 is 1.29 bits per heavy atom. The second-order valence-corrected chi connectivity index (χ2v) is 3.06. The molecule has 0 fully saturated rings. The molecule has 0 radical (unpaired) electrons. The fraction of sp³-hybridized carbons (Fsp3) is 0.250. The summed E-state index contributed by atoms with van der Waals surface area (Å²) in [6.07, 6.45) is 0. The lowest BCUT2D eigenvalue weighted by Crippen LogP contribution is -2.23. The molecule has 80 valence electrons. The Labute approximate surface area is 91.6 Å². The Morgan fingerprint density at radius 2 is 1.71 bits per heavy atom. The van der Waals surface area contributed by atoms with Crippen molar-refractivity contribution in [2.24, 2.45) is 11.5 Å². The Hall–Kier alpha value is -0.420. The van der Waals surface area contributed by atoms with Gasteiger partial charge in [0.15, 0.2) is 0 Å². The molecule has 0 aliphatic carbocycles. The Kier molecular flexibility index (Phi) is 5.29. The molecule has 1 atom stereocenters. The average Bonchev–Trinajstić information content (AvgIpc) is 2.02. The van der Waals surface area contributed by atoms with Gasteiger partial charge >= 0.3 is 0 Å². The van der Waals surface area contributed by atoms with Crippen molar-refractivity contribution in [3.8, 4) is 0 Å². The van der Waals surface area contributed by atoms with Crippen LogP contribution in [-0.2, 0) is 0 Å². The third kappa shape index (κ3) is 2.78. The van der Waals surface area contributed by atoms with E-state index in [2.05, 4.69) is 0 Å². The highest BCUT2D eigenvalue weighted by molar-refractivity contribution is 6.30. The molecule has 6 heteroatoms. The van der Waals surface area contributed by atoms with Crippen LogP contribution in [0, 0.1) is 11.6 Å². The molecule has 0 unspecified atom stereocenters. The quantitative estimate of drug-likeness (QED) is 0.834. The van der Waals surface area contributed by atoms with Gasteiger partial charge in [-0.25, -0.2) is 8.78 Å². The molecule has 0 amide bonds. The minimum atomic E-state index is -0.836. The highest BCUT2D eigenvalue weighted by Gasteiger charge is 2.16. The maximum absolute atomic E-state index is 13.1. The van der Waals surface area contributed by atoms with Gasteiger partial charge in [0.1, 0.15) is 11.6 Å². The Morgan fingerprint density at radius 3 is 2.07 bits per heavy atom. The van der Waals surface area contributed by atoms with Crippen LogP contribution in [0.25, 0.3) is 0 Å². The molecule has 4 N–H and O–H groups in total. The van der Waals surface area contributed by atoms with Gasteiger partial charge in [0.25, 0.3) is 0 Å². The van der Waals surface area contributed by atoms with Crippen molar-refractivity contribution in [2.75, 3.05) is 6.54 Å². The monoisotopic (exact) mass is 242 g/mol. The summed E-state index contributed by atoms with van der Waals surface area (Å²) in [6, 6.07) is 1.18. The molecule has 0 saturated heterocycles. The highest BCUT2D eigenvalue weighted by Crippen LogP contribution is 2.22. The van der Waals surface area contributed by atoms with E-state index in [1.165, 1.54) is 0 Å². The summed E-state index contributed by atoms with van der Waals surface area (Å²) in [5.74, 6) is -1.52. The molecule has 0 aliphatic rings. The lowest BCUT2D eigenvalue weighted by atomic mass is 10.1. The Balaban J connectivity index is 0.00000169. The smallest absolute Gasteiger partial charge is 0.132 e. The van der Waals surface area contributed by atoms with Crippen molar-refractivity contribution in [2.45, 2.75) is 6.04 Å². The molecule has 1 aromatic rings. The zero-order chi connectivity index (χ0) is 10.0.